The van der Waals surface area contributed by atoms with Crippen LogP contribution in [0.1, 0.15) is 46.6 Å². The van der Waals surface area contributed by atoms with Crippen molar-refractivity contribution in [2.75, 3.05) is 6.61 Å². The number of hydrogen-bond acceptors (Lipinski definition) is 4. The van der Waals surface area contributed by atoms with Crippen LogP contribution in [0.25, 0.3) is 0 Å². The summed E-state index contributed by atoms with van der Waals surface area (Å²) in [6.45, 7) is 2.06. The first kappa shape index (κ1) is 18.8. The number of rotatable bonds is 8. The molecule has 0 radical (unpaired) electrons. The molecule has 8 heteroatoms. The Hall–Kier alpha value is -2.51. The number of carbonyl (C=O) groups is 1. The van der Waals surface area contributed by atoms with Gasteiger partial charge >= 0.3 is 12.1 Å². The molecule has 0 aliphatic heterocycles. The Balaban J connectivity index is 1.82. The smallest absolute Gasteiger partial charge is 0.416 e. The number of benzene rings is 1. The maximum absolute atomic E-state index is 12.6. The molecule has 0 atom stereocenters. The highest BCUT2D eigenvalue weighted by Gasteiger charge is 2.32. The van der Waals surface area contributed by atoms with Crippen molar-refractivity contribution in [3.8, 4) is 5.75 Å². The van der Waals surface area contributed by atoms with E-state index in [9.17, 15) is 18.0 Å². The quantitative estimate of drug-likeness (QED) is 0.705. The van der Waals surface area contributed by atoms with E-state index >= 15 is 0 Å². The van der Waals surface area contributed by atoms with Crippen LogP contribution in [0, 0.1) is 6.92 Å². The van der Waals surface area contributed by atoms with Crippen molar-refractivity contribution in [1.29, 1.82) is 0 Å². The van der Waals surface area contributed by atoms with Gasteiger partial charge in [0, 0.05) is 12.5 Å². The van der Waals surface area contributed by atoms with Gasteiger partial charge in [-0.3, -0.25) is 0 Å². The monoisotopic (exact) mass is 357 g/mol. The second kappa shape index (κ2) is 8.04. The SMILES string of the molecule is Cc1cc(CCCCCOc2ccc(C(F)(F)F)cc2C(=O)O)on1. The minimum Gasteiger partial charge on any atom is -0.493 e. The molecule has 0 bridgehead atoms. The number of aromatic nitrogens is 1. The lowest BCUT2D eigenvalue weighted by molar-refractivity contribution is -0.137. The number of halogens is 3. The summed E-state index contributed by atoms with van der Waals surface area (Å²) in [4.78, 5) is 11.1. The van der Waals surface area contributed by atoms with Gasteiger partial charge in [-0.05, 0) is 44.4 Å². The zero-order valence-corrected chi connectivity index (χ0v) is 13.6. The second-order valence-electron chi connectivity index (χ2n) is 5.61. The molecule has 5 nitrogen and oxygen atoms in total. The van der Waals surface area contributed by atoms with Crippen LogP contribution in [-0.2, 0) is 12.6 Å². The molecular weight excluding hydrogens is 339 g/mol. The van der Waals surface area contributed by atoms with E-state index in [0.29, 0.717) is 12.5 Å². The summed E-state index contributed by atoms with van der Waals surface area (Å²) in [5.41, 5.74) is -0.687. The standard InChI is InChI=1S/C17H18F3NO4/c1-11-9-13(25-21-11)5-3-2-4-8-24-15-7-6-12(17(18,19)20)10-14(15)16(22)23/h6-7,9-10H,2-5,8H2,1H3,(H,22,23). The van der Waals surface area contributed by atoms with Gasteiger partial charge in [0.05, 0.1) is 17.9 Å². The van der Waals surface area contributed by atoms with Gasteiger partial charge in [-0.2, -0.15) is 13.2 Å². The predicted octanol–water partition coefficient (Wildman–Crippen LogP) is 4.49. The number of alkyl halides is 3. The molecule has 1 N–H and O–H groups in total. The first-order chi connectivity index (χ1) is 11.8. The van der Waals surface area contributed by atoms with Crippen molar-refractivity contribution in [2.24, 2.45) is 0 Å². The molecule has 0 amide bonds. The van der Waals surface area contributed by atoms with Crippen molar-refractivity contribution >= 4 is 5.97 Å². The van der Waals surface area contributed by atoms with Gasteiger partial charge in [-0.1, -0.05) is 5.16 Å². The number of hydrogen-bond donors (Lipinski definition) is 1. The summed E-state index contributed by atoms with van der Waals surface area (Å²) in [5.74, 6) is -0.720. The van der Waals surface area contributed by atoms with Gasteiger partial charge in [-0.15, -0.1) is 0 Å². The zero-order chi connectivity index (χ0) is 18.4. The molecule has 0 aliphatic rings. The van der Waals surface area contributed by atoms with Crippen LogP contribution in [0.4, 0.5) is 13.2 Å². The van der Waals surface area contributed by atoms with Crippen molar-refractivity contribution in [3.05, 3.63) is 46.8 Å². The fourth-order valence-electron chi connectivity index (χ4n) is 2.29. The van der Waals surface area contributed by atoms with E-state index in [-0.39, 0.29) is 12.4 Å². The number of aromatic carboxylic acids is 1. The van der Waals surface area contributed by atoms with Crippen LogP contribution < -0.4 is 4.74 Å². The lowest BCUT2D eigenvalue weighted by Gasteiger charge is -2.12. The number of nitrogens with zero attached hydrogens (tertiary/aromatic N) is 1. The minimum atomic E-state index is -4.60. The number of unbranched alkanes of at least 4 members (excludes halogenated alkanes) is 2. The summed E-state index contributed by atoms with van der Waals surface area (Å²) in [6.07, 6.45) is -1.56. The first-order valence-corrected chi connectivity index (χ1v) is 7.77. The third kappa shape index (κ3) is 5.51. The molecule has 1 aromatic carbocycles. The maximum atomic E-state index is 12.6. The summed E-state index contributed by atoms with van der Waals surface area (Å²) in [7, 11) is 0. The average Bonchev–Trinajstić information content (AvgIpc) is 2.95. The van der Waals surface area contributed by atoms with Crippen LogP contribution in [0.3, 0.4) is 0 Å². The van der Waals surface area contributed by atoms with Crippen molar-refractivity contribution < 1.29 is 32.3 Å². The average molecular weight is 357 g/mol. The third-order valence-electron chi connectivity index (χ3n) is 3.54. The molecule has 0 aliphatic carbocycles. The van der Waals surface area contributed by atoms with Crippen LogP contribution in [0.15, 0.2) is 28.8 Å². The maximum Gasteiger partial charge on any atom is 0.416 e. The largest absolute Gasteiger partial charge is 0.493 e. The Kier molecular flexibility index (Phi) is 6.06. The fraction of sp³-hybridized carbons (Fsp3) is 0.412. The fourth-order valence-corrected chi connectivity index (χ4v) is 2.29. The lowest BCUT2D eigenvalue weighted by Crippen LogP contribution is -2.10. The first-order valence-electron chi connectivity index (χ1n) is 7.77. The Labute approximate surface area is 142 Å². The van der Waals surface area contributed by atoms with Crippen molar-refractivity contribution in [1.82, 2.24) is 5.16 Å². The highest BCUT2D eigenvalue weighted by Crippen LogP contribution is 2.32. The molecule has 136 valence electrons. The Bertz CT molecular complexity index is 725. The third-order valence-corrected chi connectivity index (χ3v) is 3.54. The molecule has 0 saturated heterocycles. The molecule has 2 rings (SSSR count). The summed E-state index contributed by atoms with van der Waals surface area (Å²) in [6, 6.07) is 4.30. The van der Waals surface area contributed by atoms with Gasteiger partial charge < -0.3 is 14.4 Å². The van der Waals surface area contributed by atoms with Crippen molar-refractivity contribution in [3.63, 3.8) is 0 Å². The Morgan fingerprint density at radius 3 is 2.60 bits per heavy atom. The summed E-state index contributed by atoms with van der Waals surface area (Å²) < 4.78 is 48.4. The van der Waals surface area contributed by atoms with Gasteiger partial charge in [0.15, 0.2) is 0 Å². The van der Waals surface area contributed by atoms with E-state index in [1.54, 1.807) is 0 Å². The number of aryl methyl sites for hydroxylation is 2. The van der Waals surface area contributed by atoms with Crippen LogP contribution >= 0.6 is 0 Å². The second-order valence-corrected chi connectivity index (χ2v) is 5.61. The summed E-state index contributed by atoms with van der Waals surface area (Å²) >= 11 is 0. The molecule has 1 aromatic heterocycles. The molecule has 0 saturated carbocycles. The highest BCUT2D eigenvalue weighted by molar-refractivity contribution is 5.91. The van der Waals surface area contributed by atoms with Gasteiger partial charge in [0.1, 0.15) is 17.1 Å². The number of carboxylic acids is 1. The van der Waals surface area contributed by atoms with E-state index in [1.165, 1.54) is 0 Å². The molecule has 25 heavy (non-hydrogen) atoms. The van der Waals surface area contributed by atoms with Gasteiger partial charge in [0.2, 0.25) is 0 Å². The molecule has 2 aromatic rings. The highest BCUT2D eigenvalue weighted by atomic mass is 19.4. The predicted molar refractivity (Wildman–Crippen MR) is 82.7 cm³/mol. The number of carboxylic acid groups (broad SMARTS) is 1. The Morgan fingerprint density at radius 2 is 2.00 bits per heavy atom. The van der Waals surface area contributed by atoms with E-state index in [4.69, 9.17) is 14.4 Å². The number of ether oxygens (including phenoxy) is 1. The Morgan fingerprint density at radius 1 is 1.24 bits per heavy atom. The van der Waals surface area contributed by atoms with Crippen LogP contribution in [-0.4, -0.2) is 22.8 Å². The molecule has 0 unspecified atom stereocenters. The van der Waals surface area contributed by atoms with Gasteiger partial charge in [0.25, 0.3) is 0 Å². The molecule has 0 fully saturated rings. The molecular formula is C17H18F3NO4. The molecule has 0 spiro atoms. The van der Waals surface area contributed by atoms with Crippen LogP contribution in [0.5, 0.6) is 5.75 Å². The van der Waals surface area contributed by atoms with Crippen LogP contribution in [0.2, 0.25) is 0 Å². The van der Waals surface area contributed by atoms with E-state index in [1.807, 2.05) is 13.0 Å². The topological polar surface area (TPSA) is 72.6 Å². The zero-order valence-electron chi connectivity index (χ0n) is 13.6. The van der Waals surface area contributed by atoms with Crippen molar-refractivity contribution in [2.45, 2.75) is 38.8 Å². The normalized spacial score (nSPS) is 11.5. The van der Waals surface area contributed by atoms with E-state index in [2.05, 4.69) is 5.16 Å². The lowest BCUT2D eigenvalue weighted by atomic mass is 10.1. The van der Waals surface area contributed by atoms with Gasteiger partial charge in [-0.25, -0.2) is 4.79 Å². The molecule has 1 heterocycles. The summed E-state index contributed by atoms with van der Waals surface area (Å²) in [5, 5.41) is 12.8. The minimum absolute atomic E-state index is 0.0636. The van der Waals surface area contributed by atoms with E-state index < -0.39 is 23.3 Å². The van der Waals surface area contributed by atoms with E-state index in [0.717, 1.165) is 42.8 Å².